The predicted octanol–water partition coefficient (Wildman–Crippen LogP) is 3.40. The molecule has 1 amide bonds. The average Bonchev–Trinajstić information content (AvgIpc) is 2.53. The van der Waals surface area contributed by atoms with Gasteiger partial charge in [0.1, 0.15) is 5.75 Å². The van der Waals surface area contributed by atoms with Crippen LogP contribution in [0.25, 0.3) is 0 Å². The van der Waals surface area contributed by atoms with Gasteiger partial charge in [-0.2, -0.15) is 13.2 Å². The molecule has 0 saturated carbocycles. The molecule has 0 bridgehead atoms. The Morgan fingerprint density at radius 1 is 1.09 bits per heavy atom. The third-order valence-electron chi connectivity index (χ3n) is 3.09. The summed E-state index contributed by atoms with van der Waals surface area (Å²) in [6.07, 6.45) is -4.46. The molecular weight excluding hydrogens is 309 g/mol. The smallest absolute Gasteiger partial charge is 0.418 e. The van der Waals surface area contributed by atoms with Crippen LogP contribution in [-0.2, 0) is 17.4 Å². The molecule has 0 heterocycles. The first-order chi connectivity index (χ1) is 10.9. The van der Waals surface area contributed by atoms with Crippen LogP contribution in [0, 0.1) is 0 Å². The van der Waals surface area contributed by atoms with E-state index in [2.05, 4.69) is 10.9 Å². The van der Waals surface area contributed by atoms with Crippen molar-refractivity contribution in [3.63, 3.8) is 0 Å². The number of ether oxygens (including phenoxy) is 1. The molecule has 0 aliphatic carbocycles. The van der Waals surface area contributed by atoms with E-state index in [0.717, 1.165) is 6.07 Å². The first-order valence-electron chi connectivity index (χ1n) is 6.74. The maximum Gasteiger partial charge on any atom is 0.418 e. The Kier molecular flexibility index (Phi) is 5.10. The van der Waals surface area contributed by atoms with Crippen molar-refractivity contribution in [3.05, 3.63) is 59.7 Å². The molecule has 0 aromatic heterocycles. The van der Waals surface area contributed by atoms with Crippen LogP contribution in [0.3, 0.4) is 0 Å². The zero-order valence-electron chi connectivity index (χ0n) is 12.3. The molecule has 0 fully saturated rings. The van der Waals surface area contributed by atoms with Gasteiger partial charge < -0.3 is 4.74 Å². The summed E-state index contributed by atoms with van der Waals surface area (Å²) in [5.74, 6) is 0.207. The number of hydrogen-bond acceptors (Lipinski definition) is 3. The number of hydrazine groups is 1. The van der Waals surface area contributed by atoms with Crippen molar-refractivity contribution in [2.45, 2.75) is 12.6 Å². The van der Waals surface area contributed by atoms with Crippen molar-refractivity contribution in [1.82, 2.24) is 5.43 Å². The van der Waals surface area contributed by atoms with Gasteiger partial charge >= 0.3 is 6.18 Å². The lowest BCUT2D eigenvalue weighted by atomic mass is 10.1. The highest BCUT2D eigenvalue weighted by atomic mass is 19.4. The number of nitrogens with one attached hydrogen (secondary N) is 2. The highest BCUT2D eigenvalue weighted by Gasteiger charge is 2.33. The summed E-state index contributed by atoms with van der Waals surface area (Å²) in [7, 11) is 1.53. The van der Waals surface area contributed by atoms with Crippen LogP contribution in [0.5, 0.6) is 5.75 Å². The van der Waals surface area contributed by atoms with E-state index >= 15 is 0 Å². The predicted molar refractivity (Wildman–Crippen MR) is 79.9 cm³/mol. The van der Waals surface area contributed by atoms with Gasteiger partial charge in [0.15, 0.2) is 0 Å². The fourth-order valence-corrected chi connectivity index (χ4v) is 1.95. The Labute approximate surface area is 131 Å². The number of para-hydroxylation sites is 1. The molecule has 2 rings (SSSR count). The van der Waals surface area contributed by atoms with Gasteiger partial charge in [-0.05, 0) is 29.8 Å². The lowest BCUT2D eigenvalue weighted by Gasteiger charge is -2.15. The van der Waals surface area contributed by atoms with Gasteiger partial charge in [-0.25, -0.2) is 0 Å². The summed E-state index contributed by atoms with van der Waals surface area (Å²) < 4.78 is 43.5. The Bertz CT molecular complexity index is 670. The maximum atomic E-state index is 12.8. The lowest BCUT2D eigenvalue weighted by Crippen LogP contribution is -2.31. The van der Waals surface area contributed by atoms with Crippen molar-refractivity contribution >= 4 is 11.6 Å². The minimum Gasteiger partial charge on any atom is -0.497 e. The third kappa shape index (κ3) is 4.64. The number of methoxy groups -OCH3 is 1. The number of alkyl halides is 3. The molecule has 0 radical (unpaired) electrons. The van der Waals surface area contributed by atoms with E-state index in [1.807, 2.05) is 0 Å². The third-order valence-corrected chi connectivity index (χ3v) is 3.09. The van der Waals surface area contributed by atoms with Gasteiger partial charge in [0.25, 0.3) is 0 Å². The molecule has 0 saturated heterocycles. The molecule has 23 heavy (non-hydrogen) atoms. The van der Waals surface area contributed by atoms with Gasteiger partial charge in [0.2, 0.25) is 5.91 Å². The van der Waals surface area contributed by atoms with Crippen molar-refractivity contribution in [1.29, 1.82) is 0 Å². The van der Waals surface area contributed by atoms with Gasteiger partial charge in [0.05, 0.1) is 24.8 Å². The fraction of sp³-hybridized carbons (Fsp3) is 0.188. The Morgan fingerprint density at radius 3 is 2.35 bits per heavy atom. The summed E-state index contributed by atoms with van der Waals surface area (Å²) in [5, 5.41) is 0. The molecule has 0 unspecified atom stereocenters. The van der Waals surface area contributed by atoms with Gasteiger partial charge in [-0.3, -0.25) is 15.6 Å². The molecule has 2 aromatic rings. The maximum absolute atomic E-state index is 12.8. The number of anilines is 1. The normalized spacial score (nSPS) is 11.0. The number of hydrogen-bond donors (Lipinski definition) is 2. The minimum absolute atomic E-state index is 0.0329. The van der Waals surface area contributed by atoms with E-state index in [0.29, 0.717) is 11.3 Å². The fourth-order valence-electron chi connectivity index (χ4n) is 1.95. The van der Waals surface area contributed by atoms with Crippen molar-refractivity contribution in [2.75, 3.05) is 12.5 Å². The van der Waals surface area contributed by atoms with Crippen molar-refractivity contribution in [3.8, 4) is 5.75 Å². The van der Waals surface area contributed by atoms with Crippen molar-refractivity contribution in [2.24, 2.45) is 0 Å². The van der Waals surface area contributed by atoms with Crippen LogP contribution in [0.1, 0.15) is 11.1 Å². The number of rotatable bonds is 5. The number of halogens is 3. The topological polar surface area (TPSA) is 50.4 Å². The van der Waals surface area contributed by atoms with Crippen LogP contribution >= 0.6 is 0 Å². The SMILES string of the molecule is COc1ccc(CC(=O)NNc2ccccc2C(F)(F)F)cc1. The standard InChI is InChI=1S/C16H15F3N2O2/c1-23-12-8-6-11(7-9-12)10-15(22)21-20-14-5-3-2-4-13(14)16(17,18)19/h2-9,20H,10H2,1H3,(H,21,22). The summed E-state index contributed by atoms with van der Waals surface area (Å²) in [4.78, 5) is 11.8. The molecule has 2 aromatic carbocycles. The van der Waals surface area contributed by atoms with E-state index in [1.54, 1.807) is 24.3 Å². The summed E-state index contributed by atoms with van der Waals surface area (Å²) in [6.45, 7) is 0. The first kappa shape index (κ1) is 16.7. The second-order valence-electron chi connectivity index (χ2n) is 4.74. The van der Waals surface area contributed by atoms with Crippen LogP contribution in [0.4, 0.5) is 18.9 Å². The second kappa shape index (κ2) is 7.04. The van der Waals surface area contributed by atoms with Crippen molar-refractivity contribution < 1.29 is 22.7 Å². The molecule has 0 atom stereocenters. The Hall–Kier alpha value is -2.70. The molecule has 0 aliphatic heterocycles. The average molecular weight is 324 g/mol. The molecule has 0 aliphatic rings. The number of carbonyl (C=O) groups is 1. The summed E-state index contributed by atoms with van der Waals surface area (Å²) in [6, 6.07) is 11.8. The van der Waals surface area contributed by atoms with E-state index in [-0.39, 0.29) is 12.1 Å². The van der Waals surface area contributed by atoms with Crippen LogP contribution in [0.15, 0.2) is 48.5 Å². The van der Waals surface area contributed by atoms with E-state index in [1.165, 1.54) is 25.3 Å². The number of carbonyl (C=O) groups excluding carboxylic acids is 1. The monoisotopic (exact) mass is 324 g/mol. The zero-order valence-corrected chi connectivity index (χ0v) is 12.3. The van der Waals surface area contributed by atoms with E-state index < -0.39 is 17.6 Å². The second-order valence-corrected chi connectivity index (χ2v) is 4.74. The van der Waals surface area contributed by atoms with E-state index in [9.17, 15) is 18.0 Å². The zero-order chi connectivity index (χ0) is 16.9. The van der Waals surface area contributed by atoms with Crippen LogP contribution in [0.2, 0.25) is 0 Å². The minimum atomic E-state index is -4.50. The quantitative estimate of drug-likeness (QED) is 0.829. The van der Waals surface area contributed by atoms with Gasteiger partial charge in [-0.15, -0.1) is 0 Å². The largest absolute Gasteiger partial charge is 0.497 e. The van der Waals surface area contributed by atoms with Gasteiger partial charge in [0, 0.05) is 0 Å². The molecule has 122 valence electrons. The van der Waals surface area contributed by atoms with Crippen LogP contribution in [-0.4, -0.2) is 13.0 Å². The number of benzene rings is 2. The summed E-state index contributed by atoms with van der Waals surface area (Å²) in [5.41, 5.74) is 4.26. The van der Waals surface area contributed by atoms with Crippen LogP contribution < -0.4 is 15.6 Å². The Morgan fingerprint density at radius 2 is 1.74 bits per heavy atom. The molecule has 0 spiro atoms. The van der Waals surface area contributed by atoms with E-state index in [4.69, 9.17) is 4.74 Å². The molecule has 2 N–H and O–H groups in total. The molecule has 7 heteroatoms. The molecular formula is C16H15F3N2O2. The highest BCUT2D eigenvalue weighted by Crippen LogP contribution is 2.34. The summed E-state index contributed by atoms with van der Waals surface area (Å²) >= 11 is 0. The lowest BCUT2D eigenvalue weighted by molar-refractivity contribution is -0.137. The Balaban J connectivity index is 1.97. The van der Waals surface area contributed by atoms with Gasteiger partial charge in [-0.1, -0.05) is 24.3 Å². The number of amides is 1. The molecule has 4 nitrogen and oxygen atoms in total. The highest BCUT2D eigenvalue weighted by molar-refractivity contribution is 5.80. The first-order valence-corrected chi connectivity index (χ1v) is 6.74.